The summed E-state index contributed by atoms with van der Waals surface area (Å²) in [7, 11) is 1.47. The van der Waals surface area contributed by atoms with Crippen LogP contribution in [0, 0.1) is 0 Å². The third-order valence-electron chi connectivity index (χ3n) is 4.83. The van der Waals surface area contributed by atoms with Crippen LogP contribution in [-0.2, 0) is 9.59 Å². The minimum Gasteiger partial charge on any atom is -0.496 e. The number of ether oxygens (including phenoxy) is 2. The summed E-state index contributed by atoms with van der Waals surface area (Å²) >= 11 is 6.27. The number of methoxy groups -OCH3 is 1. The first kappa shape index (κ1) is 25.6. The quantitative estimate of drug-likeness (QED) is 0.296. The van der Waals surface area contributed by atoms with Crippen LogP contribution in [0.1, 0.15) is 30.6 Å². The van der Waals surface area contributed by atoms with Crippen LogP contribution in [0.5, 0.6) is 11.5 Å². The molecule has 2 aromatic carbocycles. The Hall–Kier alpha value is -4.05. The maximum Gasteiger partial charge on any atom is 0.335 e. The standard InChI is InChI=1S/C24H24ClN3O7/c1-24(2,11-20(25)35-16-6-4-5-14(9-16)23(31)32)28-22(30)21(29)27-15-7-8-17(18(10-15)33-3)19-12-26-13-34-19/h4-10,12-13,20H,11H2,1-3H3,(H,27,29)(H,28,30)(H,31,32). The van der Waals surface area contributed by atoms with Gasteiger partial charge in [0.05, 0.1) is 24.4 Å². The summed E-state index contributed by atoms with van der Waals surface area (Å²) in [5.74, 6) is -1.65. The molecule has 0 aliphatic rings. The summed E-state index contributed by atoms with van der Waals surface area (Å²) in [5, 5.41) is 14.2. The highest BCUT2D eigenvalue weighted by atomic mass is 35.5. The molecule has 35 heavy (non-hydrogen) atoms. The van der Waals surface area contributed by atoms with Gasteiger partial charge in [0.25, 0.3) is 0 Å². The topological polar surface area (TPSA) is 140 Å². The summed E-state index contributed by atoms with van der Waals surface area (Å²) < 4.78 is 16.2. The number of rotatable bonds is 9. The number of anilines is 1. The van der Waals surface area contributed by atoms with Gasteiger partial charge < -0.3 is 29.6 Å². The Morgan fingerprint density at radius 1 is 1.17 bits per heavy atom. The van der Waals surface area contributed by atoms with E-state index in [2.05, 4.69) is 15.6 Å². The minimum atomic E-state index is -1.09. The van der Waals surface area contributed by atoms with Crippen molar-refractivity contribution in [3.63, 3.8) is 0 Å². The number of amides is 2. The number of alkyl halides is 1. The van der Waals surface area contributed by atoms with E-state index in [0.29, 0.717) is 22.8 Å². The summed E-state index contributed by atoms with van der Waals surface area (Å²) in [5.41, 5.74) is -0.777. The van der Waals surface area contributed by atoms with Gasteiger partial charge in [0.2, 0.25) is 0 Å². The number of nitrogens with zero attached hydrogens (tertiary/aromatic N) is 1. The van der Waals surface area contributed by atoms with Crippen molar-refractivity contribution < 1.29 is 33.4 Å². The fourth-order valence-corrected chi connectivity index (χ4v) is 3.71. The number of hydrogen-bond donors (Lipinski definition) is 3. The number of carboxylic acids is 1. The van der Waals surface area contributed by atoms with E-state index in [1.807, 2.05) is 0 Å². The van der Waals surface area contributed by atoms with Gasteiger partial charge in [-0.25, -0.2) is 9.78 Å². The van der Waals surface area contributed by atoms with Gasteiger partial charge in [-0.15, -0.1) is 0 Å². The molecule has 10 nitrogen and oxygen atoms in total. The SMILES string of the molecule is COc1cc(NC(=O)C(=O)NC(C)(C)CC(Cl)Oc2cccc(C(=O)O)c2)ccc1-c1cnco1. The number of nitrogens with one attached hydrogen (secondary N) is 2. The Kier molecular flexibility index (Phi) is 7.98. The molecule has 1 atom stereocenters. The predicted octanol–water partition coefficient (Wildman–Crippen LogP) is 3.92. The minimum absolute atomic E-state index is 0.0566. The van der Waals surface area contributed by atoms with Gasteiger partial charge in [-0.3, -0.25) is 9.59 Å². The molecule has 1 unspecified atom stereocenters. The molecular weight excluding hydrogens is 478 g/mol. The van der Waals surface area contributed by atoms with E-state index in [4.69, 9.17) is 30.6 Å². The average Bonchev–Trinajstić information content (AvgIpc) is 3.33. The zero-order valence-corrected chi connectivity index (χ0v) is 20.0. The molecule has 11 heteroatoms. The summed E-state index contributed by atoms with van der Waals surface area (Å²) in [4.78, 5) is 39.9. The van der Waals surface area contributed by atoms with Gasteiger partial charge in [-0.2, -0.15) is 0 Å². The van der Waals surface area contributed by atoms with Crippen LogP contribution < -0.4 is 20.1 Å². The predicted molar refractivity (Wildman–Crippen MR) is 128 cm³/mol. The molecule has 1 heterocycles. The molecular formula is C24H24ClN3O7. The number of oxazole rings is 1. The van der Waals surface area contributed by atoms with Gasteiger partial charge >= 0.3 is 17.8 Å². The number of carbonyl (C=O) groups excluding carboxylic acids is 2. The van der Waals surface area contributed by atoms with E-state index in [1.54, 1.807) is 38.1 Å². The molecule has 0 spiro atoms. The Balaban J connectivity index is 1.58. The highest BCUT2D eigenvalue weighted by Gasteiger charge is 2.28. The highest BCUT2D eigenvalue weighted by molar-refractivity contribution is 6.39. The molecule has 3 aromatic rings. The summed E-state index contributed by atoms with van der Waals surface area (Å²) in [6.07, 6.45) is 2.95. The van der Waals surface area contributed by atoms with Crippen LogP contribution in [0.4, 0.5) is 5.69 Å². The van der Waals surface area contributed by atoms with Crippen molar-refractivity contribution in [3.05, 3.63) is 60.6 Å². The monoisotopic (exact) mass is 501 g/mol. The molecule has 0 bridgehead atoms. The molecule has 0 aliphatic heterocycles. The average molecular weight is 502 g/mol. The van der Waals surface area contributed by atoms with E-state index in [0.717, 1.165) is 0 Å². The summed E-state index contributed by atoms with van der Waals surface area (Å²) in [6.45, 7) is 3.36. The molecule has 0 fully saturated rings. The van der Waals surface area contributed by atoms with E-state index in [1.165, 1.54) is 37.9 Å². The van der Waals surface area contributed by atoms with E-state index in [-0.39, 0.29) is 17.7 Å². The molecule has 0 saturated carbocycles. The number of hydrogen-bond acceptors (Lipinski definition) is 7. The first-order valence-electron chi connectivity index (χ1n) is 10.4. The van der Waals surface area contributed by atoms with Crippen LogP contribution in [0.3, 0.4) is 0 Å². The second kappa shape index (κ2) is 10.9. The fraction of sp³-hybridized carbons (Fsp3) is 0.250. The Morgan fingerprint density at radius 2 is 1.94 bits per heavy atom. The zero-order valence-electron chi connectivity index (χ0n) is 19.2. The Labute approximate surface area is 206 Å². The van der Waals surface area contributed by atoms with Crippen molar-refractivity contribution >= 4 is 35.1 Å². The van der Waals surface area contributed by atoms with Crippen molar-refractivity contribution in [2.75, 3.05) is 12.4 Å². The number of aromatic carboxylic acids is 1. The third-order valence-corrected chi connectivity index (χ3v) is 5.07. The summed E-state index contributed by atoms with van der Waals surface area (Å²) in [6, 6.07) is 10.7. The van der Waals surface area contributed by atoms with Crippen LogP contribution in [0.2, 0.25) is 0 Å². The maximum atomic E-state index is 12.5. The smallest absolute Gasteiger partial charge is 0.335 e. The van der Waals surface area contributed by atoms with E-state index < -0.39 is 28.9 Å². The van der Waals surface area contributed by atoms with Gasteiger partial charge in [0.15, 0.2) is 17.7 Å². The van der Waals surface area contributed by atoms with Crippen LogP contribution in [-0.4, -0.2) is 46.1 Å². The zero-order chi connectivity index (χ0) is 25.6. The molecule has 3 N–H and O–H groups in total. The van der Waals surface area contributed by atoms with Gasteiger partial charge in [-0.1, -0.05) is 17.7 Å². The van der Waals surface area contributed by atoms with Gasteiger partial charge in [0, 0.05) is 23.7 Å². The largest absolute Gasteiger partial charge is 0.496 e. The van der Waals surface area contributed by atoms with Crippen molar-refractivity contribution in [2.45, 2.75) is 31.4 Å². The number of carbonyl (C=O) groups is 3. The number of halogens is 1. The Morgan fingerprint density at radius 3 is 2.60 bits per heavy atom. The second-order valence-electron chi connectivity index (χ2n) is 8.14. The number of carboxylic acid groups (broad SMARTS) is 1. The van der Waals surface area contributed by atoms with Crippen molar-refractivity contribution in [1.29, 1.82) is 0 Å². The third kappa shape index (κ3) is 6.97. The highest BCUT2D eigenvalue weighted by Crippen LogP contribution is 2.32. The van der Waals surface area contributed by atoms with E-state index >= 15 is 0 Å². The lowest BCUT2D eigenvalue weighted by Gasteiger charge is -2.28. The second-order valence-corrected chi connectivity index (χ2v) is 8.62. The molecule has 184 valence electrons. The number of benzene rings is 2. The Bertz CT molecular complexity index is 1210. The normalized spacial score (nSPS) is 11.9. The van der Waals surface area contributed by atoms with Gasteiger partial charge in [0.1, 0.15) is 11.5 Å². The molecule has 0 radical (unpaired) electrons. The molecule has 0 saturated heterocycles. The van der Waals surface area contributed by atoms with Crippen LogP contribution >= 0.6 is 11.6 Å². The first-order valence-corrected chi connectivity index (χ1v) is 10.9. The maximum absolute atomic E-state index is 12.5. The molecule has 0 aliphatic carbocycles. The molecule has 3 rings (SSSR count). The number of aromatic nitrogens is 1. The lowest BCUT2D eigenvalue weighted by atomic mass is 10.0. The lowest BCUT2D eigenvalue weighted by molar-refractivity contribution is -0.137. The fourth-order valence-electron chi connectivity index (χ4n) is 3.22. The van der Waals surface area contributed by atoms with Crippen molar-refractivity contribution in [3.8, 4) is 22.8 Å². The van der Waals surface area contributed by atoms with Crippen LogP contribution in [0.15, 0.2) is 59.5 Å². The van der Waals surface area contributed by atoms with Gasteiger partial charge in [-0.05, 0) is 44.2 Å². The van der Waals surface area contributed by atoms with Crippen molar-refractivity contribution in [1.82, 2.24) is 10.3 Å². The lowest BCUT2D eigenvalue weighted by Crippen LogP contribution is -2.49. The molecule has 2 amide bonds. The van der Waals surface area contributed by atoms with Crippen LogP contribution in [0.25, 0.3) is 11.3 Å². The first-order chi connectivity index (χ1) is 16.6. The molecule has 1 aromatic heterocycles. The van der Waals surface area contributed by atoms with Crippen molar-refractivity contribution in [2.24, 2.45) is 0 Å². The van der Waals surface area contributed by atoms with E-state index in [9.17, 15) is 14.4 Å².